The van der Waals surface area contributed by atoms with Gasteiger partial charge in [-0.2, -0.15) is 0 Å². The van der Waals surface area contributed by atoms with Crippen molar-refractivity contribution < 1.29 is 42.7 Å². The smallest absolute Gasteiger partial charge is 0.334 e. The standard InChI is InChI=1S/C23H22O9/c1-26-19-9-14(10-20-21(19)32-12-31-20)7-16(23(25)28-3)15(22(24)27-2)6-13-4-5-17-18(8-13)30-11-29-17/h4-6,8-10,16H,7,11-12H2,1-3H3/t16-/m0/s1. The van der Waals surface area contributed by atoms with E-state index in [1.807, 2.05) is 0 Å². The molecule has 0 aliphatic carbocycles. The molecule has 0 unspecified atom stereocenters. The highest BCUT2D eigenvalue weighted by molar-refractivity contribution is 6.00. The molecule has 0 saturated heterocycles. The molecule has 0 amide bonds. The van der Waals surface area contributed by atoms with Gasteiger partial charge < -0.3 is 33.2 Å². The van der Waals surface area contributed by atoms with Gasteiger partial charge in [-0.1, -0.05) is 6.07 Å². The second-order valence-corrected chi connectivity index (χ2v) is 7.02. The van der Waals surface area contributed by atoms with Crippen molar-refractivity contribution in [3.63, 3.8) is 0 Å². The molecule has 2 heterocycles. The van der Waals surface area contributed by atoms with Crippen LogP contribution in [-0.4, -0.2) is 46.9 Å². The molecule has 2 aliphatic heterocycles. The Labute approximate surface area is 184 Å². The lowest BCUT2D eigenvalue weighted by Crippen LogP contribution is -2.26. The first-order valence-electron chi connectivity index (χ1n) is 9.78. The normalized spacial score (nSPS) is 14.7. The number of hydrogen-bond acceptors (Lipinski definition) is 9. The molecule has 0 radical (unpaired) electrons. The summed E-state index contributed by atoms with van der Waals surface area (Å²) in [7, 11) is 4.04. The second kappa shape index (κ2) is 9.09. The Balaban J connectivity index is 1.72. The quantitative estimate of drug-likeness (QED) is 0.473. The number of benzene rings is 2. The van der Waals surface area contributed by atoms with Crippen molar-refractivity contribution in [2.24, 2.45) is 5.92 Å². The van der Waals surface area contributed by atoms with E-state index in [1.165, 1.54) is 21.3 Å². The van der Waals surface area contributed by atoms with Gasteiger partial charge in [-0.25, -0.2) is 4.79 Å². The van der Waals surface area contributed by atoms with E-state index >= 15 is 0 Å². The molecule has 2 aromatic carbocycles. The van der Waals surface area contributed by atoms with Gasteiger partial charge in [-0.05, 0) is 47.9 Å². The second-order valence-electron chi connectivity index (χ2n) is 7.02. The molecule has 0 spiro atoms. The largest absolute Gasteiger partial charge is 0.493 e. The van der Waals surface area contributed by atoms with Crippen LogP contribution in [0.25, 0.3) is 6.08 Å². The Hall–Kier alpha value is -3.88. The number of carbonyl (C=O) groups is 2. The van der Waals surface area contributed by atoms with Gasteiger partial charge in [0.15, 0.2) is 23.0 Å². The average Bonchev–Trinajstić information content (AvgIpc) is 3.48. The number of fused-ring (bicyclic) bond motifs is 2. The van der Waals surface area contributed by atoms with Gasteiger partial charge in [0.05, 0.1) is 32.8 Å². The van der Waals surface area contributed by atoms with E-state index in [9.17, 15) is 9.59 Å². The molecular formula is C23H22O9. The van der Waals surface area contributed by atoms with Crippen LogP contribution in [0.1, 0.15) is 11.1 Å². The summed E-state index contributed by atoms with van der Waals surface area (Å²) in [5.41, 5.74) is 1.48. The first-order valence-corrected chi connectivity index (χ1v) is 9.78. The highest BCUT2D eigenvalue weighted by Gasteiger charge is 2.31. The molecule has 9 nitrogen and oxygen atoms in total. The third-order valence-corrected chi connectivity index (χ3v) is 5.16. The minimum Gasteiger partial charge on any atom is -0.493 e. The van der Waals surface area contributed by atoms with Crippen LogP contribution in [0.15, 0.2) is 35.9 Å². The van der Waals surface area contributed by atoms with E-state index in [1.54, 1.807) is 36.4 Å². The predicted molar refractivity (Wildman–Crippen MR) is 111 cm³/mol. The van der Waals surface area contributed by atoms with E-state index in [0.29, 0.717) is 39.9 Å². The predicted octanol–water partition coefficient (Wildman–Crippen LogP) is 2.74. The fourth-order valence-electron chi connectivity index (χ4n) is 3.60. The fraction of sp³-hybridized carbons (Fsp3) is 0.304. The molecule has 0 fully saturated rings. The Kier molecular flexibility index (Phi) is 6.07. The van der Waals surface area contributed by atoms with Crippen molar-refractivity contribution in [1.82, 2.24) is 0 Å². The maximum Gasteiger partial charge on any atom is 0.334 e. The molecular weight excluding hydrogens is 420 g/mol. The first-order chi connectivity index (χ1) is 15.5. The summed E-state index contributed by atoms with van der Waals surface area (Å²) in [4.78, 5) is 25.4. The van der Waals surface area contributed by atoms with E-state index in [0.717, 1.165) is 0 Å². The third-order valence-electron chi connectivity index (χ3n) is 5.16. The summed E-state index contributed by atoms with van der Waals surface area (Å²) in [5.74, 6) is 0.458. The van der Waals surface area contributed by atoms with Crippen molar-refractivity contribution in [3.05, 3.63) is 47.0 Å². The maximum atomic E-state index is 12.7. The lowest BCUT2D eigenvalue weighted by atomic mass is 9.90. The molecule has 0 aromatic heterocycles. The number of methoxy groups -OCH3 is 3. The van der Waals surface area contributed by atoms with Crippen LogP contribution in [0.5, 0.6) is 28.7 Å². The SMILES string of the molecule is COC(=O)C(=Cc1ccc2c(c1)OCO2)[C@H](Cc1cc(OC)c2c(c1)OCO2)C(=O)OC. The molecule has 9 heteroatoms. The summed E-state index contributed by atoms with van der Waals surface area (Å²) < 4.78 is 37.0. The van der Waals surface area contributed by atoms with Gasteiger partial charge in [0, 0.05) is 0 Å². The van der Waals surface area contributed by atoms with E-state index in [2.05, 4.69) is 0 Å². The maximum absolute atomic E-state index is 12.7. The highest BCUT2D eigenvalue weighted by atomic mass is 16.7. The Bertz CT molecular complexity index is 1070. The monoisotopic (exact) mass is 442 g/mol. The zero-order chi connectivity index (χ0) is 22.7. The first kappa shape index (κ1) is 21.4. The lowest BCUT2D eigenvalue weighted by Gasteiger charge is -2.18. The molecule has 0 bridgehead atoms. The van der Waals surface area contributed by atoms with E-state index < -0.39 is 17.9 Å². The fourth-order valence-corrected chi connectivity index (χ4v) is 3.60. The summed E-state index contributed by atoms with van der Waals surface area (Å²) >= 11 is 0. The number of hydrogen-bond donors (Lipinski definition) is 0. The molecule has 32 heavy (non-hydrogen) atoms. The topological polar surface area (TPSA) is 98.8 Å². The number of carbonyl (C=O) groups excluding carboxylic acids is 2. The Morgan fingerprint density at radius 3 is 2.44 bits per heavy atom. The van der Waals surface area contributed by atoms with Crippen LogP contribution < -0.4 is 23.7 Å². The summed E-state index contributed by atoms with van der Waals surface area (Å²) in [5, 5.41) is 0. The van der Waals surface area contributed by atoms with Gasteiger partial charge in [0.25, 0.3) is 0 Å². The molecule has 0 saturated carbocycles. The summed E-state index contributed by atoms with van der Waals surface area (Å²) in [6, 6.07) is 8.70. The Morgan fingerprint density at radius 1 is 0.938 bits per heavy atom. The van der Waals surface area contributed by atoms with Gasteiger partial charge >= 0.3 is 11.9 Å². The van der Waals surface area contributed by atoms with Crippen molar-refractivity contribution in [3.8, 4) is 28.7 Å². The van der Waals surface area contributed by atoms with Crippen molar-refractivity contribution >= 4 is 18.0 Å². The van der Waals surface area contributed by atoms with Crippen molar-refractivity contribution in [1.29, 1.82) is 0 Å². The molecule has 2 aliphatic rings. The van der Waals surface area contributed by atoms with Crippen LogP contribution >= 0.6 is 0 Å². The average molecular weight is 442 g/mol. The third kappa shape index (κ3) is 4.14. The number of rotatable bonds is 7. The van der Waals surface area contributed by atoms with Crippen LogP contribution in [0.2, 0.25) is 0 Å². The van der Waals surface area contributed by atoms with Crippen molar-refractivity contribution in [2.45, 2.75) is 6.42 Å². The molecule has 2 aromatic rings. The number of esters is 2. The van der Waals surface area contributed by atoms with Crippen molar-refractivity contribution in [2.75, 3.05) is 34.9 Å². The van der Waals surface area contributed by atoms with Gasteiger partial charge in [-0.15, -0.1) is 0 Å². The van der Waals surface area contributed by atoms with E-state index in [-0.39, 0.29) is 25.6 Å². The van der Waals surface area contributed by atoms with E-state index in [4.69, 9.17) is 33.2 Å². The molecule has 0 N–H and O–H groups in total. The zero-order valence-electron chi connectivity index (χ0n) is 17.8. The van der Waals surface area contributed by atoms with Gasteiger partial charge in [0.2, 0.25) is 19.3 Å². The van der Waals surface area contributed by atoms with Crippen LogP contribution in [0.3, 0.4) is 0 Å². The lowest BCUT2D eigenvalue weighted by molar-refractivity contribution is -0.147. The van der Waals surface area contributed by atoms with Crippen LogP contribution in [0.4, 0.5) is 0 Å². The zero-order valence-corrected chi connectivity index (χ0v) is 17.8. The highest BCUT2D eigenvalue weighted by Crippen LogP contribution is 2.42. The van der Waals surface area contributed by atoms with Gasteiger partial charge in [0.1, 0.15) is 0 Å². The Morgan fingerprint density at radius 2 is 1.69 bits per heavy atom. The molecule has 1 atom stereocenters. The van der Waals surface area contributed by atoms with Crippen LogP contribution in [0, 0.1) is 5.92 Å². The molecule has 4 rings (SSSR count). The summed E-state index contributed by atoms with van der Waals surface area (Å²) in [6.45, 7) is 0.204. The summed E-state index contributed by atoms with van der Waals surface area (Å²) in [6.07, 6.45) is 1.73. The van der Waals surface area contributed by atoms with Gasteiger partial charge in [-0.3, -0.25) is 4.79 Å². The minimum atomic E-state index is -0.942. The minimum absolute atomic E-state index is 0.0764. The number of ether oxygens (including phenoxy) is 7. The van der Waals surface area contributed by atoms with Crippen LogP contribution in [-0.2, 0) is 25.5 Å². The molecule has 168 valence electrons.